The lowest BCUT2D eigenvalue weighted by Crippen LogP contribution is -2.52. The van der Waals surface area contributed by atoms with Crippen LogP contribution in [0, 0.1) is 0 Å². The first-order valence-electron chi connectivity index (χ1n) is 9.74. The van der Waals surface area contributed by atoms with Gasteiger partial charge in [-0.15, -0.1) is 0 Å². The van der Waals surface area contributed by atoms with Gasteiger partial charge in [-0.1, -0.05) is 17.7 Å². The van der Waals surface area contributed by atoms with E-state index in [1.54, 1.807) is 26.4 Å². The van der Waals surface area contributed by atoms with Gasteiger partial charge in [0.2, 0.25) is 5.91 Å². The van der Waals surface area contributed by atoms with Crippen molar-refractivity contribution in [1.29, 1.82) is 0 Å². The van der Waals surface area contributed by atoms with Gasteiger partial charge in [0.25, 0.3) is 0 Å². The number of nitrogens with one attached hydrogen (secondary N) is 1. The van der Waals surface area contributed by atoms with E-state index in [-0.39, 0.29) is 11.9 Å². The second-order valence-electron chi connectivity index (χ2n) is 7.17. The van der Waals surface area contributed by atoms with Crippen LogP contribution < -0.4 is 14.8 Å². The molecule has 0 bridgehead atoms. The van der Waals surface area contributed by atoms with Crippen molar-refractivity contribution in [3.63, 3.8) is 0 Å². The summed E-state index contributed by atoms with van der Waals surface area (Å²) in [6.45, 7) is 6.16. The van der Waals surface area contributed by atoms with E-state index in [1.165, 1.54) is 0 Å². The quantitative estimate of drug-likeness (QED) is 0.747. The molecule has 1 atom stereocenters. The zero-order chi connectivity index (χ0) is 20.8. The molecule has 7 heteroatoms. The molecule has 0 saturated carbocycles. The van der Waals surface area contributed by atoms with Gasteiger partial charge in [0.15, 0.2) is 0 Å². The van der Waals surface area contributed by atoms with Crippen LogP contribution in [0.25, 0.3) is 0 Å². The van der Waals surface area contributed by atoms with Crippen molar-refractivity contribution in [3.8, 4) is 11.5 Å². The Morgan fingerprint density at radius 3 is 2.52 bits per heavy atom. The summed E-state index contributed by atoms with van der Waals surface area (Å²) in [4.78, 5) is 17.2. The highest BCUT2D eigenvalue weighted by Gasteiger charge is 2.26. The lowest BCUT2D eigenvalue weighted by atomic mass is 10.1. The molecule has 2 aromatic carbocycles. The van der Waals surface area contributed by atoms with Gasteiger partial charge >= 0.3 is 0 Å². The number of methoxy groups -OCH3 is 2. The Hall–Kier alpha value is -2.28. The molecule has 0 spiro atoms. The number of hydrogen-bond acceptors (Lipinski definition) is 5. The third kappa shape index (κ3) is 5.63. The third-order valence-corrected chi connectivity index (χ3v) is 5.54. The molecule has 0 aliphatic carbocycles. The van der Waals surface area contributed by atoms with Gasteiger partial charge in [-0.3, -0.25) is 14.6 Å². The molecule has 1 amide bonds. The molecule has 3 rings (SSSR count). The van der Waals surface area contributed by atoms with Gasteiger partial charge in [-0.05, 0) is 43.3 Å². The molecule has 0 aromatic heterocycles. The van der Waals surface area contributed by atoms with Gasteiger partial charge in [0, 0.05) is 49.0 Å². The number of piperazine rings is 1. The second-order valence-corrected chi connectivity index (χ2v) is 7.60. The Labute approximate surface area is 177 Å². The summed E-state index contributed by atoms with van der Waals surface area (Å²) in [6.07, 6.45) is 0. The number of nitrogens with zero attached hydrogens (tertiary/aromatic N) is 2. The standard InChI is InChI=1S/C22H28ClN3O3/c1-16(22(27)24-19-6-4-5-18(23)14-19)26-11-9-25(10-12-26)15-17-13-20(28-2)7-8-21(17)29-3/h4-8,13-14,16H,9-12,15H2,1-3H3,(H,24,27)/t16-/m1/s1. The van der Waals surface area contributed by atoms with Crippen LogP contribution >= 0.6 is 11.6 Å². The van der Waals surface area contributed by atoms with Crippen LogP contribution in [0.1, 0.15) is 12.5 Å². The Kier molecular flexibility index (Phi) is 7.36. The van der Waals surface area contributed by atoms with E-state index in [4.69, 9.17) is 21.1 Å². The van der Waals surface area contributed by atoms with Crippen LogP contribution in [0.15, 0.2) is 42.5 Å². The maximum Gasteiger partial charge on any atom is 0.241 e. The number of ether oxygens (including phenoxy) is 2. The number of benzene rings is 2. The maximum absolute atomic E-state index is 12.6. The normalized spacial score (nSPS) is 16.3. The van der Waals surface area contributed by atoms with Crippen molar-refractivity contribution in [2.75, 3.05) is 45.7 Å². The van der Waals surface area contributed by atoms with Crippen molar-refractivity contribution in [3.05, 3.63) is 53.1 Å². The van der Waals surface area contributed by atoms with E-state index >= 15 is 0 Å². The van der Waals surface area contributed by atoms with E-state index in [1.807, 2.05) is 37.3 Å². The summed E-state index contributed by atoms with van der Waals surface area (Å²) in [5.41, 5.74) is 1.82. The molecule has 1 heterocycles. The van der Waals surface area contributed by atoms with Gasteiger partial charge in [0.05, 0.1) is 20.3 Å². The van der Waals surface area contributed by atoms with Crippen LogP contribution in [-0.4, -0.2) is 62.1 Å². The molecule has 1 aliphatic rings. The van der Waals surface area contributed by atoms with Crippen molar-refractivity contribution in [1.82, 2.24) is 9.80 Å². The van der Waals surface area contributed by atoms with Crippen molar-refractivity contribution >= 4 is 23.2 Å². The summed E-state index contributed by atoms with van der Waals surface area (Å²) >= 11 is 6.00. The molecule has 1 saturated heterocycles. The predicted molar refractivity (Wildman–Crippen MR) is 116 cm³/mol. The third-order valence-electron chi connectivity index (χ3n) is 5.31. The van der Waals surface area contributed by atoms with Crippen molar-refractivity contribution in [2.45, 2.75) is 19.5 Å². The Morgan fingerprint density at radius 2 is 1.86 bits per heavy atom. The zero-order valence-corrected chi connectivity index (χ0v) is 17.9. The highest BCUT2D eigenvalue weighted by molar-refractivity contribution is 6.30. The largest absolute Gasteiger partial charge is 0.497 e. The highest BCUT2D eigenvalue weighted by atomic mass is 35.5. The second kappa shape index (κ2) is 9.96. The van der Waals surface area contributed by atoms with Gasteiger partial charge < -0.3 is 14.8 Å². The SMILES string of the molecule is COc1ccc(OC)c(CN2CCN([C@H](C)C(=O)Nc3cccc(Cl)c3)CC2)c1. The number of rotatable bonds is 7. The summed E-state index contributed by atoms with van der Waals surface area (Å²) in [5.74, 6) is 1.67. The van der Waals surface area contributed by atoms with Gasteiger partial charge in [0.1, 0.15) is 11.5 Å². The number of carbonyl (C=O) groups excluding carboxylic acids is 1. The van der Waals surface area contributed by atoms with Crippen LogP contribution in [-0.2, 0) is 11.3 Å². The van der Waals surface area contributed by atoms with Gasteiger partial charge in [-0.2, -0.15) is 0 Å². The monoisotopic (exact) mass is 417 g/mol. The maximum atomic E-state index is 12.6. The average Bonchev–Trinajstić information content (AvgIpc) is 2.73. The minimum Gasteiger partial charge on any atom is -0.497 e. The Morgan fingerprint density at radius 1 is 1.10 bits per heavy atom. The predicted octanol–water partition coefficient (Wildman–Crippen LogP) is 3.50. The molecular weight excluding hydrogens is 390 g/mol. The first-order chi connectivity index (χ1) is 14.0. The molecule has 156 valence electrons. The van der Waals surface area contributed by atoms with E-state index in [2.05, 4.69) is 15.1 Å². The molecule has 1 N–H and O–H groups in total. The van der Waals surface area contributed by atoms with Crippen LogP contribution in [0.4, 0.5) is 5.69 Å². The zero-order valence-electron chi connectivity index (χ0n) is 17.2. The molecule has 2 aromatic rings. The molecule has 0 radical (unpaired) electrons. The first-order valence-corrected chi connectivity index (χ1v) is 10.1. The minimum absolute atomic E-state index is 0.0184. The molecule has 1 aliphatic heterocycles. The van der Waals surface area contributed by atoms with Crippen molar-refractivity contribution < 1.29 is 14.3 Å². The summed E-state index contributed by atoms with van der Waals surface area (Å²) in [6, 6.07) is 12.9. The minimum atomic E-state index is -0.206. The molecular formula is C22H28ClN3O3. The Balaban J connectivity index is 1.54. The fraction of sp³-hybridized carbons (Fsp3) is 0.409. The van der Waals surface area contributed by atoms with Crippen LogP contribution in [0.3, 0.4) is 0 Å². The van der Waals surface area contributed by atoms with Crippen LogP contribution in [0.5, 0.6) is 11.5 Å². The summed E-state index contributed by atoms with van der Waals surface area (Å²) in [5, 5.41) is 3.56. The van der Waals surface area contributed by atoms with E-state index < -0.39 is 0 Å². The molecule has 1 fully saturated rings. The van der Waals surface area contributed by atoms with Gasteiger partial charge in [-0.25, -0.2) is 0 Å². The molecule has 29 heavy (non-hydrogen) atoms. The van der Waals surface area contributed by atoms with E-state index in [9.17, 15) is 4.79 Å². The highest BCUT2D eigenvalue weighted by Crippen LogP contribution is 2.26. The van der Waals surface area contributed by atoms with E-state index in [0.29, 0.717) is 5.02 Å². The average molecular weight is 418 g/mol. The lowest BCUT2D eigenvalue weighted by molar-refractivity contribution is -0.121. The fourth-order valence-corrected chi connectivity index (χ4v) is 3.72. The topological polar surface area (TPSA) is 54.0 Å². The Bertz CT molecular complexity index is 838. The first kappa shape index (κ1) is 21.4. The number of anilines is 1. The number of hydrogen-bond donors (Lipinski definition) is 1. The number of carbonyl (C=O) groups is 1. The summed E-state index contributed by atoms with van der Waals surface area (Å²) < 4.78 is 10.8. The molecule has 0 unspecified atom stereocenters. The van der Waals surface area contributed by atoms with Crippen molar-refractivity contribution in [2.24, 2.45) is 0 Å². The van der Waals surface area contributed by atoms with Crippen LogP contribution in [0.2, 0.25) is 5.02 Å². The molecule has 6 nitrogen and oxygen atoms in total. The number of halogens is 1. The lowest BCUT2D eigenvalue weighted by Gasteiger charge is -2.37. The fourth-order valence-electron chi connectivity index (χ4n) is 3.53. The summed E-state index contributed by atoms with van der Waals surface area (Å²) in [7, 11) is 3.35. The van der Waals surface area contributed by atoms with E-state index in [0.717, 1.165) is 55.5 Å². The smallest absolute Gasteiger partial charge is 0.241 e. The number of amides is 1.